The van der Waals surface area contributed by atoms with Crippen molar-refractivity contribution in [3.63, 3.8) is 0 Å². The lowest BCUT2D eigenvalue weighted by Crippen LogP contribution is -2.13. The molecule has 4 aromatic rings. The van der Waals surface area contributed by atoms with Crippen LogP contribution >= 0.6 is 0 Å². The van der Waals surface area contributed by atoms with Gasteiger partial charge in [0, 0.05) is 17.8 Å². The zero-order valence-electron chi connectivity index (χ0n) is 17.6. The third kappa shape index (κ3) is 4.28. The fourth-order valence-corrected chi connectivity index (χ4v) is 3.27. The van der Waals surface area contributed by atoms with E-state index in [9.17, 15) is 4.79 Å². The second kappa shape index (κ2) is 8.75. The predicted molar refractivity (Wildman–Crippen MR) is 121 cm³/mol. The van der Waals surface area contributed by atoms with Gasteiger partial charge in [-0.15, -0.1) is 0 Å². The quantitative estimate of drug-likeness (QED) is 0.477. The van der Waals surface area contributed by atoms with Crippen LogP contribution in [0.2, 0.25) is 0 Å². The summed E-state index contributed by atoms with van der Waals surface area (Å²) < 4.78 is 12.4. The van der Waals surface area contributed by atoms with Crippen LogP contribution in [0.4, 0.5) is 5.69 Å². The number of hydrogen-bond acceptors (Lipinski definition) is 4. The van der Waals surface area contributed by atoms with Crippen LogP contribution in [0.25, 0.3) is 16.9 Å². The summed E-state index contributed by atoms with van der Waals surface area (Å²) in [7, 11) is 3.13. The lowest BCUT2D eigenvalue weighted by Gasteiger charge is -2.11. The second-order valence-electron chi connectivity index (χ2n) is 7.06. The monoisotopic (exact) mass is 413 g/mol. The molecule has 0 aliphatic carbocycles. The van der Waals surface area contributed by atoms with Crippen molar-refractivity contribution in [2.75, 3.05) is 19.5 Å². The fraction of sp³-hybridized carbons (Fsp3) is 0.120. The molecule has 1 aromatic heterocycles. The molecule has 0 radical (unpaired) electrons. The van der Waals surface area contributed by atoms with Gasteiger partial charge in [0.2, 0.25) is 0 Å². The third-order valence-electron chi connectivity index (χ3n) is 4.96. The summed E-state index contributed by atoms with van der Waals surface area (Å²) >= 11 is 0. The van der Waals surface area contributed by atoms with Crippen LogP contribution in [0.5, 0.6) is 11.5 Å². The van der Waals surface area contributed by atoms with E-state index < -0.39 is 0 Å². The number of aromatic nitrogens is 2. The molecule has 6 heteroatoms. The summed E-state index contributed by atoms with van der Waals surface area (Å²) in [6, 6.07) is 22.9. The van der Waals surface area contributed by atoms with E-state index in [1.807, 2.05) is 61.5 Å². The summed E-state index contributed by atoms with van der Waals surface area (Å²) in [6.45, 7) is 2.03. The molecule has 0 aliphatic heterocycles. The highest BCUT2D eigenvalue weighted by atomic mass is 16.5. The van der Waals surface area contributed by atoms with Crippen LogP contribution in [0.1, 0.15) is 15.9 Å². The SMILES string of the molecule is COc1ccc(NC(=O)c2cn(-c3ccc(C)cc3)nc2-c2ccccc2)c(OC)c1. The molecule has 1 N–H and O–H groups in total. The number of nitrogens with zero attached hydrogens (tertiary/aromatic N) is 2. The van der Waals surface area contributed by atoms with Crippen LogP contribution < -0.4 is 14.8 Å². The van der Waals surface area contributed by atoms with Crippen molar-refractivity contribution in [2.24, 2.45) is 0 Å². The highest BCUT2D eigenvalue weighted by Crippen LogP contribution is 2.31. The number of nitrogens with one attached hydrogen (secondary N) is 1. The van der Waals surface area contributed by atoms with Crippen molar-refractivity contribution in [1.82, 2.24) is 9.78 Å². The standard InChI is InChI=1S/C25H23N3O3/c1-17-9-11-19(12-10-17)28-16-21(24(27-28)18-7-5-4-6-8-18)25(29)26-22-14-13-20(30-2)15-23(22)31-3/h4-16H,1-3H3,(H,26,29). The van der Waals surface area contributed by atoms with Crippen molar-refractivity contribution in [3.05, 3.63) is 90.1 Å². The van der Waals surface area contributed by atoms with Crippen molar-refractivity contribution >= 4 is 11.6 Å². The zero-order valence-corrected chi connectivity index (χ0v) is 17.6. The predicted octanol–water partition coefficient (Wildman–Crippen LogP) is 5.12. The number of carbonyl (C=O) groups is 1. The summed E-state index contributed by atoms with van der Waals surface area (Å²) in [5.41, 5.74) is 4.51. The van der Waals surface area contributed by atoms with Crippen molar-refractivity contribution in [1.29, 1.82) is 0 Å². The van der Waals surface area contributed by atoms with E-state index in [2.05, 4.69) is 5.32 Å². The van der Waals surface area contributed by atoms with E-state index in [4.69, 9.17) is 14.6 Å². The molecule has 1 amide bonds. The van der Waals surface area contributed by atoms with Gasteiger partial charge in [-0.3, -0.25) is 4.79 Å². The van der Waals surface area contributed by atoms with Crippen LogP contribution in [0.15, 0.2) is 79.0 Å². The number of anilines is 1. The van der Waals surface area contributed by atoms with Crippen LogP contribution in [0.3, 0.4) is 0 Å². The molecule has 31 heavy (non-hydrogen) atoms. The Balaban J connectivity index is 1.74. The minimum absolute atomic E-state index is 0.277. The van der Waals surface area contributed by atoms with Gasteiger partial charge in [0.1, 0.15) is 17.2 Å². The largest absolute Gasteiger partial charge is 0.497 e. The average molecular weight is 413 g/mol. The Morgan fingerprint density at radius 2 is 1.68 bits per heavy atom. The maximum Gasteiger partial charge on any atom is 0.259 e. The van der Waals surface area contributed by atoms with E-state index in [-0.39, 0.29) is 5.91 Å². The van der Waals surface area contributed by atoms with Gasteiger partial charge in [-0.25, -0.2) is 4.68 Å². The lowest BCUT2D eigenvalue weighted by molar-refractivity contribution is 0.102. The van der Waals surface area contributed by atoms with Gasteiger partial charge >= 0.3 is 0 Å². The maximum atomic E-state index is 13.3. The molecule has 6 nitrogen and oxygen atoms in total. The second-order valence-corrected chi connectivity index (χ2v) is 7.06. The molecule has 4 rings (SSSR count). The fourth-order valence-electron chi connectivity index (χ4n) is 3.27. The van der Waals surface area contributed by atoms with Crippen LogP contribution in [-0.4, -0.2) is 29.9 Å². The highest BCUT2D eigenvalue weighted by molar-refractivity contribution is 6.08. The molecule has 0 saturated carbocycles. The summed E-state index contributed by atoms with van der Waals surface area (Å²) in [5.74, 6) is 0.882. The first-order valence-corrected chi connectivity index (χ1v) is 9.84. The summed E-state index contributed by atoms with van der Waals surface area (Å²) in [4.78, 5) is 13.3. The maximum absolute atomic E-state index is 13.3. The molecule has 0 fully saturated rings. The molecule has 3 aromatic carbocycles. The third-order valence-corrected chi connectivity index (χ3v) is 4.96. The Bertz CT molecular complexity index is 1200. The van der Waals surface area contributed by atoms with Gasteiger partial charge in [0.15, 0.2) is 0 Å². The molecular weight excluding hydrogens is 390 g/mol. The van der Waals surface area contributed by atoms with E-state index in [1.54, 1.807) is 43.3 Å². The first-order chi connectivity index (χ1) is 15.1. The molecule has 156 valence electrons. The van der Waals surface area contributed by atoms with E-state index in [0.29, 0.717) is 28.4 Å². The van der Waals surface area contributed by atoms with Crippen LogP contribution in [0, 0.1) is 6.92 Å². The first-order valence-electron chi connectivity index (χ1n) is 9.84. The molecule has 0 spiro atoms. The number of methoxy groups -OCH3 is 2. The number of amides is 1. The number of carbonyl (C=O) groups excluding carboxylic acids is 1. The Kier molecular flexibility index (Phi) is 5.71. The normalized spacial score (nSPS) is 10.5. The lowest BCUT2D eigenvalue weighted by atomic mass is 10.1. The average Bonchev–Trinajstić information content (AvgIpc) is 3.26. The molecule has 0 saturated heterocycles. The highest BCUT2D eigenvalue weighted by Gasteiger charge is 2.20. The molecule has 0 bridgehead atoms. The Hall–Kier alpha value is -4.06. The van der Waals surface area contributed by atoms with E-state index in [1.165, 1.54) is 0 Å². The number of rotatable bonds is 6. The van der Waals surface area contributed by atoms with Crippen molar-refractivity contribution in [2.45, 2.75) is 6.92 Å². The molecule has 1 heterocycles. The van der Waals surface area contributed by atoms with Gasteiger partial charge in [-0.05, 0) is 31.2 Å². The van der Waals surface area contributed by atoms with Crippen molar-refractivity contribution < 1.29 is 14.3 Å². The molecular formula is C25H23N3O3. The first kappa shape index (κ1) is 20.2. The van der Waals surface area contributed by atoms with Gasteiger partial charge in [0.05, 0.1) is 31.2 Å². The number of hydrogen-bond donors (Lipinski definition) is 1. The minimum atomic E-state index is -0.277. The number of aryl methyl sites for hydroxylation is 1. The summed E-state index contributed by atoms with van der Waals surface area (Å²) in [5, 5.41) is 7.66. The van der Waals surface area contributed by atoms with E-state index >= 15 is 0 Å². The van der Waals surface area contributed by atoms with Gasteiger partial charge in [-0.1, -0.05) is 48.0 Å². The number of ether oxygens (including phenoxy) is 2. The van der Waals surface area contributed by atoms with Gasteiger partial charge < -0.3 is 14.8 Å². The Morgan fingerprint density at radius 1 is 0.935 bits per heavy atom. The van der Waals surface area contributed by atoms with E-state index in [0.717, 1.165) is 16.8 Å². The Labute approximate surface area is 181 Å². The van der Waals surface area contributed by atoms with Crippen molar-refractivity contribution in [3.8, 4) is 28.4 Å². The zero-order chi connectivity index (χ0) is 21.8. The number of benzene rings is 3. The molecule has 0 atom stereocenters. The topological polar surface area (TPSA) is 65.4 Å². The molecule has 0 aliphatic rings. The smallest absolute Gasteiger partial charge is 0.259 e. The minimum Gasteiger partial charge on any atom is -0.497 e. The van der Waals surface area contributed by atoms with Gasteiger partial charge in [-0.2, -0.15) is 5.10 Å². The van der Waals surface area contributed by atoms with Gasteiger partial charge in [0.25, 0.3) is 5.91 Å². The van der Waals surface area contributed by atoms with Crippen LogP contribution in [-0.2, 0) is 0 Å². The summed E-state index contributed by atoms with van der Waals surface area (Å²) in [6.07, 6.45) is 1.75. The molecule has 0 unspecified atom stereocenters. The Morgan fingerprint density at radius 3 is 2.35 bits per heavy atom.